The third kappa shape index (κ3) is 5.64. The molecule has 32 heavy (non-hydrogen) atoms. The highest BCUT2D eigenvalue weighted by Crippen LogP contribution is 2.27. The second-order valence-corrected chi connectivity index (χ2v) is 8.16. The first-order chi connectivity index (χ1) is 15.2. The Morgan fingerprint density at radius 2 is 1.56 bits per heavy atom. The van der Waals surface area contributed by atoms with Crippen LogP contribution in [-0.4, -0.2) is 33.2 Å². The molecular weight excluding hydrogens is 435 g/mol. The van der Waals surface area contributed by atoms with Gasteiger partial charge in [-0.2, -0.15) is 0 Å². The Bertz CT molecular complexity index is 1170. The number of halogens is 1. The molecule has 3 aromatic carbocycles. The van der Waals surface area contributed by atoms with Crippen molar-refractivity contribution in [2.75, 3.05) is 10.6 Å². The number of nitrogens with one attached hydrogen (secondary N) is 2. The summed E-state index contributed by atoms with van der Waals surface area (Å²) in [6.07, 6.45) is 0. The largest absolute Gasteiger partial charge is 0.507 e. The Labute approximate surface area is 187 Å². The molecule has 0 saturated carbocycles. The average molecular weight is 454 g/mol. The van der Waals surface area contributed by atoms with Crippen molar-refractivity contribution in [3.05, 3.63) is 83.7 Å². The van der Waals surface area contributed by atoms with Crippen molar-refractivity contribution in [3.63, 3.8) is 0 Å². The maximum absolute atomic E-state index is 13.7. The third-order valence-corrected chi connectivity index (χ3v) is 5.52. The van der Waals surface area contributed by atoms with Crippen LogP contribution in [0.5, 0.6) is 5.75 Å². The molecule has 0 saturated heterocycles. The maximum atomic E-state index is 13.7. The van der Waals surface area contributed by atoms with Crippen molar-refractivity contribution in [1.82, 2.24) is 0 Å². The summed E-state index contributed by atoms with van der Waals surface area (Å²) in [7, 11) is 0. The number of hydrogen-bond acceptors (Lipinski definition) is 5. The van der Waals surface area contributed by atoms with E-state index in [1.165, 1.54) is 48.2 Å². The number of aromatic carboxylic acids is 1. The quantitative estimate of drug-likeness (QED) is 0.306. The molecule has 0 aliphatic heterocycles. The van der Waals surface area contributed by atoms with E-state index in [9.17, 15) is 23.9 Å². The van der Waals surface area contributed by atoms with Crippen molar-refractivity contribution < 1.29 is 29.0 Å². The molecule has 7 nitrogen and oxygen atoms in total. The summed E-state index contributed by atoms with van der Waals surface area (Å²) in [6, 6.07) is 16.2. The second kappa shape index (κ2) is 9.97. The van der Waals surface area contributed by atoms with Gasteiger partial charge in [0.15, 0.2) is 0 Å². The highest BCUT2D eigenvalue weighted by molar-refractivity contribution is 8.00. The molecule has 0 radical (unpaired) electrons. The van der Waals surface area contributed by atoms with E-state index in [0.717, 1.165) is 4.90 Å². The predicted octanol–water partition coefficient (Wildman–Crippen LogP) is 4.60. The Hall–Kier alpha value is -3.85. The number of thioether (sulfide) groups is 1. The number of carbonyl (C=O) groups is 3. The van der Waals surface area contributed by atoms with Crippen molar-refractivity contribution in [1.29, 1.82) is 0 Å². The molecule has 1 atom stereocenters. The van der Waals surface area contributed by atoms with Gasteiger partial charge in [-0.25, -0.2) is 9.18 Å². The lowest BCUT2D eigenvalue weighted by molar-refractivity contribution is -0.115. The van der Waals surface area contributed by atoms with E-state index in [4.69, 9.17) is 5.11 Å². The fraction of sp³-hybridized carbons (Fsp3) is 0.0870. The summed E-state index contributed by atoms with van der Waals surface area (Å²) in [5.74, 6) is -3.22. The lowest BCUT2D eigenvalue weighted by Gasteiger charge is -2.13. The molecule has 0 fully saturated rings. The van der Waals surface area contributed by atoms with Gasteiger partial charge in [-0.05, 0) is 61.5 Å². The van der Waals surface area contributed by atoms with Crippen molar-refractivity contribution in [3.8, 4) is 5.75 Å². The van der Waals surface area contributed by atoms with Crippen LogP contribution in [0.25, 0.3) is 0 Å². The molecule has 1 unspecified atom stereocenters. The maximum Gasteiger partial charge on any atom is 0.339 e. The monoisotopic (exact) mass is 454 g/mol. The lowest BCUT2D eigenvalue weighted by Crippen LogP contribution is -2.22. The van der Waals surface area contributed by atoms with Crippen LogP contribution in [0.3, 0.4) is 0 Å². The van der Waals surface area contributed by atoms with Crippen LogP contribution in [0.15, 0.2) is 71.6 Å². The zero-order valence-corrected chi connectivity index (χ0v) is 17.7. The Balaban J connectivity index is 1.59. The molecule has 0 aliphatic carbocycles. The van der Waals surface area contributed by atoms with Crippen molar-refractivity contribution in [2.45, 2.75) is 17.1 Å². The summed E-state index contributed by atoms with van der Waals surface area (Å²) in [6.45, 7) is 1.69. The van der Waals surface area contributed by atoms with Gasteiger partial charge in [0.25, 0.3) is 5.91 Å². The normalized spacial score (nSPS) is 11.4. The van der Waals surface area contributed by atoms with Crippen LogP contribution < -0.4 is 10.6 Å². The molecule has 164 valence electrons. The smallest absolute Gasteiger partial charge is 0.339 e. The van der Waals surface area contributed by atoms with E-state index in [2.05, 4.69) is 10.6 Å². The van der Waals surface area contributed by atoms with Crippen LogP contribution in [0.1, 0.15) is 27.6 Å². The molecule has 4 N–H and O–H groups in total. The van der Waals surface area contributed by atoms with Gasteiger partial charge in [-0.1, -0.05) is 12.1 Å². The molecule has 0 heterocycles. The zero-order valence-electron chi connectivity index (χ0n) is 16.8. The van der Waals surface area contributed by atoms with E-state index >= 15 is 0 Å². The molecule has 0 spiro atoms. The zero-order chi connectivity index (χ0) is 23.3. The number of anilines is 2. The number of amides is 2. The predicted molar refractivity (Wildman–Crippen MR) is 120 cm³/mol. The minimum atomic E-state index is -1.30. The minimum absolute atomic E-state index is 0.0588. The van der Waals surface area contributed by atoms with E-state index in [-0.39, 0.29) is 28.5 Å². The fourth-order valence-electron chi connectivity index (χ4n) is 2.75. The number of carboxylic acid groups (broad SMARTS) is 1. The number of carboxylic acids is 1. The fourth-order valence-corrected chi connectivity index (χ4v) is 3.61. The minimum Gasteiger partial charge on any atom is -0.507 e. The summed E-state index contributed by atoms with van der Waals surface area (Å²) >= 11 is 1.26. The molecule has 0 aliphatic rings. The second-order valence-electron chi connectivity index (χ2n) is 6.74. The summed E-state index contributed by atoms with van der Waals surface area (Å²) in [5.41, 5.74) is 0.363. The molecular formula is C23H19FN2O5S. The SMILES string of the molecule is CC(Sc1ccc(NC(=O)c2ccccc2F)cc1)C(=O)Nc1ccc(O)c(C(=O)O)c1. The van der Waals surface area contributed by atoms with Gasteiger partial charge in [0, 0.05) is 16.3 Å². The number of rotatable bonds is 7. The van der Waals surface area contributed by atoms with Gasteiger partial charge in [-0.15, -0.1) is 11.8 Å². The van der Waals surface area contributed by atoms with Gasteiger partial charge in [-0.3, -0.25) is 9.59 Å². The van der Waals surface area contributed by atoms with Crippen molar-refractivity contribution in [2.24, 2.45) is 0 Å². The third-order valence-electron chi connectivity index (χ3n) is 4.41. The number of phenols is 1. The number of benzene rings is 3. The molecule has 2 amide bonds. The topological polar surface area (TPSA) is 116 Å². The molecule has 9 heteroatoms. The summed E-state index contributed by atoms with van der Waals surface area (Å²) in [5, 5.41) is 23.3. The van der Waals surface area contributed by atoms with E-state index < -0.39 is 22.9 Å². The molecule has 3 rings (SSSR count). The standard InChI is InChI=1S/C23H19FN2O5S/c1-13(21(28)26-15-8-11-20(27)18(12-15)23(30)31)32-16-9-6-14(7-10-16)25-22(29)17-4-2-3-5-19(17)24/h2-13,27H,1H3,(H,25,29)(H,26,28)(H,30,31). The first-order valence-corrected chi connectivity index (χ1v) is 10.3. The van der Waals surface area contributed by atoms with Gasteiger partial charge in [0.05, 0.1) is 10.8 Å². The van der Waals surface area contributed by atoms with Crippen LogP contribution in [0.4, 0.5) is 15.8 Å². The van der Waals surface area contributed by atoms with Gasteiger partial charge < -0.3 is 20.8 Å². The van der Waals surface area contributed by atoms with Crippen LogP contribution in [0.2, 0.25) is 0 Å². The van der Waals surface area contributed by atoms with Gasteiger partial charge >= 0.3 is 5.97 Å². The molecule has 3 aromatic rings. The van der Waals surface area contributed by atoms with Gasteiger partial charge in [0.1, 0.15) is 17.1 Å². The van der Waals surface area contributed by atoms with E-state index in [0.29, 0.717) is 5.69 Å². The first kappa shape index (κ1) is 22.8. The van der Waals surface area contributed by atoms with Crippen molar-refractivity contribution >= 4 is 40.9 Å². The molecule has 0 bridgehead atoms. The van der Waals surface area contributed by atoms with E-state index in [1.807, 2.05) is 0 Å². The van der Waals surface area contributed by atoms with Crippen LogP contribution in [0, 0.1) is 5.82 Å². The lowest BCUT2D eigenvalue weighted by atomic mass is 10.2. The highest BCUT2D eigenvalue weighted by atomic mass is 32.2. The number of aromatic hydroxyl groups is 1. The number of carbonyl (C=O) groups excluding carboxylic acids is 2. The highest BCUT2D eigenvalue weighted by Gasteiger charge is 2.17. The number of hydrogen-bond donors (Lipinski definition) is 4. The van der Waals surface area contributed by atoms with E-state index in [1.54, 1.807) is 37.3 Å². The molecule has 0 aromatic heterocycles. The Morgan fingerprint density at radius 3 is 2.22 bits per heavy atom. The first-order valence-electron chi connectivity index (χ1n) is 9.44. The summed E-state index contributed by atoms with van der Waals surface area (Å²) in [4.78, 5) is 36.5. The Kier molecular flexibility index (Phi) is 7.11. The average Bonchev–Trinajstić information content (AvgIpc) is 2.76. The van der Waals surface area contributed by atoms with Crippen LogP contribution in [-0.2, 0) is 4.79 Å². The Morgan fingerprint density at radius 1 is 0.906 bits per heavy atom. The van der Waals surface area contributed by atoms with Crippen LogP contribution >= 0.6 is 11.8 Å². The van der Waals surface area contributed by atoms with Gasteiger partial charge in [0.2, 0.25) is 5.91 Å². The summed E-state index contributed by atoms with van der Waals surface area (Å²) < 4.78 is 13.7.